The van der Waals surface area contributed by atoms with Gasteiger partial charge in [-0.05, 0) is 39.2 Å². The van der Waals surface area contributed by atoms with Gasteiger partial charge < -0.3 is 15.5 Å². The minimum Gasteiger partial charge on any atom is -0.386 e. The molecular formula is C15H22ClN5O2. The Bertz CT molecular complexity index is 678. The average molecular weight is 340 g/mol. The van der Waals surface area contributed by atoms with Crippen LogP contribution in [-0.2, 0) is 0 Å². The molecule has 0 fully saturated rings. The van der Waals surface area contributed by atoms with Crippen molar-refractivity contribution in [1.82, 2.24) is 9.88 Å². The van der Waals surface area contributed by atoms with Crippen LogP contribution < -0.4 is 10.6 Å². The summed E-state index contributed by atoms with van der Waals surface area (Å²) in [6.45, 7) is 1.71. The Morgan fingerprint density at radius 2 is 2.00 bits per heavy atom. The normalized spacial score (nSPS) is 10.4. The molecule has 2 N–H and O–H groups in total. The third kappa shape index (κ3) is 4.43. The van der Waals surface area contributed by atoms with Crippen LogP contribution in [0.5, 0.6) is 0 Å². The summed E-state index contributed by atoms with van der Waals surface area (Å²) < 4.78 is 0. The van der Waals surface area contributed by atoms with Gasteiger partial charge in [0.25, 0.3) is 5.69 Å². The highest BCUT2D eigenvalue weighted by atomic mass is 35.5. The van der Waals surface area contributed by atoms with Gasteiger partial charge in [-0.15, -0.1) is 12.4 Å². The second-order valence-electron chi connectivity index (χ2n) is 5.31. The molecular weight excluding hydrogens is 318 g/mol. The van der Waals surface area contributed by atoms with Crippen molar-refractivity contribution in [3.8, 4) is 0 Å². The van der Waals surface area contributed by atoms with Crippen molar-refractivity contribution in [2.24, 2.45) is 0 Å². The summed E-state index contributed by atoms with van der Waals surface area (Å²) in [5.41, 5.74) is 2.19. The summed E-state index contributed by atoms with van der Waals surface area (Å²) >= 11 is 0. The monoisotopic (exact) mass is 339 g/mol. The molecule has 0 unspecified atom stereocenters. The van der Waals surface area contributed by atoms with E-state index in [1.165, 1.54) is 6.07 Å². The smallest absolute Gasteiger partial charge is 0.281 e. The quantitative estimate of drug-likeness (QED) is 0.458. The third-order valence-corrected chi connectivity index (χ3v) is 3.43. The maximum Gasteiger partial charge on any atom is 0.281 e. The van der Waals surface area contributed by atoms with Gasteiger partial charge in [0.05, 0.1) is 16.3 Å². The number of benzene rings is 1. The maximum absolute atomic E-state index is 11.3. The molecule has 1 aromatic heterocycles. The van der Waals surface area contributed by atoms with Crippen LogP contribution in [0.3, 0.4) is 0 Å². The van der Waals surface area contributed by atoms with Crippen LogP contribution in [0, 0.1) is 10.1 Å². The summed E-state index contributed by atoms with van der Waals surface area (Å²) in [6.07, 6.45) is 2.62. The van der Waals surface area contributed by atoms with Gasteiger partial charge in [0.1, 0.15) is 10.9 Å². The number of aromatic nitrogens is 1. The van der Waals surface area contributed by atoms with E-state index in [-0.39, 0.29) is 23.0 Å². The highest BCUT2D eigenvalue weighted by Crippen LogP contribution is 2.35. The van der Waals surface area contributed by atoms with E-state index in [4.69, 9.17) is 0 Å². The number of fused-ring (bicyclic) bond motifs is 1. The van der Waals surface area contributed by atoms with E-state index in [9.17, 15) is 10.1 Å². The van der Waals surface area contributed by atoms with Gasteiger partial charge >= 0.3 is 0 Å². The number of nitro groups is 1. The summed E-state index contributed by atoms with van der Waals surface area (Å²) in [5.74, 6) is 0. The number of nitrogens with one attached hydrogen (secondary N) is 2. The van der Waals surface area contributed by atoms with E-state index < -0.39 is 0 Å². The molecule has 1 aromatic carbocycles. The summed E-state index contributed by atoms with van der Waals surface area (Å²) in [6, 6.07) is 4.98. The molecule has 0 radical (unpaired) electrons. The molecule has 0 aliphatic rings. The maximum atomic E-state index is 11.3. The molecule has 0 aliphatic carbocycles. The molecule has 0 saturated carbocycles. The number of nitro benzene ring substituents is 1. The number of nitrogens with zero attached hydrogens (tertiary/aromatic N) is 3. The SMILES string of the molecule is CNc1ccc([N+](=O)[O-])c2c(NCCCN(C)C)ccnc12.Cl. The standard InChI is InChI=1S/C15H21N5O2.ClH/c1-16-12-5-6-13(20(21)22)14-11(7-9-18-15(12)14)17-8-4-10-19(2)3;/h5-7,9,16H,4,8,10H2,1-3H3,(H,17,18);1H. The molecule has 2 aromatic rings. The van der Waals surface area contributed by atoms with Crippen molar-refractivity contribution in [2.75, 3.05) is 44.9 Å². The van der Waals surface area contributed by atoms with Crippen molar-refractivity contribution >= 4 is 40.4 Å². The van der Waals surface area contributed by atoms with Gasteiger partial charge in [0.2, 0.25) is 0 Å². The van der Waals surface area contributed by atoms with Gasteiger partial charge in [0.15, 0.2) is 0 Å². The van der Waals surface area contributed by atoms with Gasteiger partial charge in [-0.2, -0.15) is 0 Å². The lowest BCUT2D eigenvalue weighted by molar-refractivity contribution is -0.383. The Kier molecular flexibility index (Phi) is 6.99. The number of non-ortho nitro benzene ring substituents is 1. The molecule has 0 aliphatic heterocycles. The molecule has 2 rings (SSSR count). The number of pyridine rings is 1. The molecule has 7 nitrogen and oxygen atoms in total. The largest absolute Gasteiger partial charge is 0.386 e. The predicted molar refractivity (Wildman–Crippen MR) is 96.9 cm³/mol. The van der Waals surface area contributed by atoms with E-state index in [1.54, 1.807) is 25.4 Å². The Labute approximate surface area is 141 Å². The van der Waals surface area contributed by atoms with Crippen LogP contribution in [0.15, 0.2) is 24.4 Å². The first-order valence-corrected chi connectivity index (χ1v) is 7.17. The van der Waals surface area contributed by atoms with Crippen molar-refractivity contribution in [3.63, 3.8) is 0 Å². The minimum absolute atomic E-state index is 0. The van der Waals surface area contributed by atoms with Gasteiger partial charge in [-0.1, -0.05) is 0 Å². The van der Waals surface area contributed by atoms with E-state index in [1.807, 2.05) is 14.1 Å². The van der Waals surface area contributed by atoms with Gasteiger partial charge in [-0.25, -0.2) is 0 Å². The fraction of sp³-hybridized carbons (Fsp3) is 0.400. The zero-order chi connectivity index (χ0) is 16.1. The summed E-state index contributed by atoms with van der Waals surface area (Å²) in [4.78, 5) is 17.3. The number of anilines is 2. The number of halogens is 1. The first kappa shape index (κ1) is 18.9. The lowest BCUT2D eigenvalue weighted by Crippen LogP contribution is -2.16. The fourth-order valence-electron chi connectivity index (χ4n) is 2.37. The molecule has 0 spiro atoms. The fourth-order valence-corrected chi connectivity index (χ4v) is 2.37. The lowest BCUT2D eigenvalue weighted by atomic mass is 10.1. The number of hydrogen-bond donors (Lipinski definition) is 2. The Morgan fingerprint density at radius 3 is 2.61 bits per heavy atom. The molecule has 0 amide bonds. The van der Waals surface area contributed by atoms with Crippen molar-refractivity contribution in [2.45, 2.75) is 6.42 Å². The summed E-state index contributed by atoms with van der Waals surface area (Å²) in [7, 11) is 5.82. The zero-order valence-electron chi connectivity index (χ0n) is 13.5. The Hall–Kier alpha value is -2.12. The number of rotatable bonds is 7. The third-order valence-electron chi connectivity index (χ3n) is 3.43. The topological polar surface area (TPSA) is 83.3 Å². The van der Waals surface area contributed by atoms with E-state index in [0.717, 1.165) is 30.9 Å². The summed E-state index contributed by atoms with van der Waals surface area (Å²) in [5, 5.41) is 18.2. The van der Waals surface area contributed by atoms with Gasteiger partial charge in [-0.3, -0.25) is 15.1 Å². The van der Waals surface area contributed by atoms with Crippen LogP contribution in [0.2, 0.25) is 0 Å². The molecule has 0 atom stereocenters. The minimum atomic E-state index is -0.367. The van der Waals surface area contributed by atoms with E-state index >= 15 is 0 Å². The van der Waals surface area contributed by atoms with Crippen molar-refractivity contribution < 1.29 is 4.92 Å². The predicted octanol–water partition coefficient (Wildman–Crippen LogP) is 2.97. The van der Waals surface area contributed by atoms with Crippen LogP contribution in [0.1, 0.15) is 6.42 Å². The van der Waals surface area contributed by atoms with Crippen LogP contribution in [0.25, 0.3) is 10.9 Å². The zero-order valence-corrected chi connectivity index (χ0v) is 14.3. The van der Waals surface area contributed by atoms with Gasteiger partial charge in [0, 0.05) is 25.9 Å². The molecule has 1 heterocycles. The molecule has 126 valence electrons. The molecule has 0 bridgehead atoms. The molecule has 8 heteroatoms. The second-order valence-corrected chi connectivity index (χ2v) is 5.31. The second kappa shape index (κ2) is 8.50. The lowest BCUT2D eigenvalue weighted by Gasteiger charge is -2.13. The average Bonchev–Trinajstić information content (AvgIpc) is 2.50. The molecule has 23 heavy (non-hydrogen) atoms. The van der Waals surface area contributed by atoms with Crippen LogP contribution in [-0.4, -0.2) is 49.0 Å². The Morgan fingerprint density at radius 1 is 1.26 bits per heavy atom. The number of hydrogen-bond acceptors (Lipinski definition) is 6. The highest BCUT2D eigenvalue weighted by Gasteiger charge is 2.18. The van der Waals surface area contributed by atoms with E-state index in [0.29, 0.717) is 10.9 Å². The molecule has 0 saturated heterocycles. The van der Waals surface area contributed by atoms with Crippen molar-refractivity contribution in [3.05, 3.63) is 34.5 Å². The van der Waals surface area contributed by atoms with Crippen LogP contribution in [0.4, 0.5) is 17.1 Å². The highest BCUT2D eigenvalue weighted by molar-refractivity contribution is 6.04. The Balaban J connectivity index is 0.00000264. The van der Waals surface area contributed by atoms with Crippen molar-refractivity contribution in [1.29, 1.82) is 0 Å². The van der Waals surface area contributed by atoms with E-state index in [2.05, 4.69) is 20.5 Å². The van der Waals surface area contributed by atoms with Crippen LogP contribution >= 0.6 is 12.4 Å². The first-order valence-electron chi connectivity index (χ1n) is 7.17. The first-order chi connectivity index (χ1) is 10.5.